The molecular weight excluding hydrogens is 186 g/mol. The Balaban J connectivity index is 1.71. The van der Waals surface area contributed by atoms with Crippen LogP contribution in [0.25, 0.3) is 0 Å². The second-order valence-electron chi connectivity index (χ2n) is 4.16. The summed E-state index contributed by atoms with van der Waals surface area (Å²) >= 11 is 0. The van der Waals surface area contributed by atoms with Crippen LogP contribution in [0.4, 0.5) is 0 Å². The lowest BCUT2D eigenvalue weighted by molar-refractivity contribution is 0.113. The fourth-order valence-electron chi connectivity index (χ4n) is 2.05. The van der Waals surface area contributed by atoms with E-state index in [1.807, 2.05) is 0 Å². The van der Waals surface area contributed by atoms with Gasteiger partial charge in [0.15, 0.2) is 0 Å². The third-order valence-electron chi connectivity index (χ3n) is 3.04. The molecule has 1 aliphatic rings. The van der Waals surface area contributed by atoms with Gasteiger partial charge in [0.2, 0.25) is 0 Å². The summed E-state index contributed by atoms with van der Waals surface area (Å²) in [6.07, 6.45) is 2.63. The van der Waals surface area contributed by atoms with Gasteiger partial charge in [0.1, 0.15) is 0 Å². The lowest BCUT2D eigenvalue weighted by atomic mass is 10.1. The zero-order valence-electron chi connectivity index (χ0n) is 9.28. The second kappa shape index (κ2) is 5.29. The maximum absolute atomic E-state index is 5.51. The van der Waals surface area contributed by atoms with E-state index < -0.39 is 0 Å². The van der Waals surface area contributed by atoms with E-state index in [1.165, 1.54) is 5.56 Å². The number of ether oxygens (including phenoxy) is 1. The molecule has 0 aromatic heterocycles. The van der Waals surface area contributed by atoms with Gasteiger partial charge in [0.25, 0.3) is 0 Å². The van der Waals surface area contributed by atoms with Crippen LogP contribution in [-0.2, 0) is 11.2 Å². The van der Waals surface area contributed by atoms with E-state index in [1.54, 1.807) is 0 Å². The second-order valence-corrected chi connectivity index (χ2v) is 4.16. The molecule has 0 unspecified atom stereocenters. The van der Waals surface area contributed by atoms with Crippen molar-refractivity contribution >= 4 is 0 Å². The first-order chi connectivity index (χ1) is 7.36. The molecule has 82 valence electrons. The van der Waals surface area contributed by atoms with Crippen molar-refractivity contribution < 1.29 is 4.74 Å². The number of nitrogens with one attached hydrogen (secondary N) is 1. The minimum Gasteiger partial charge on any atom is -0.377 e. The SMILES string of the molecule is C[C@H]1OCC[C@H]1NCCc1ccccc1. The van der Waals surface area contributed by atoms with E-state index in [0.717, 1.165) is 26.0 Å². The highest BCUT2D eigenvalue weighted by atomic mass is 16.5. The van der Waals surface area contributed by atoms with Crippen LogP contribution in [0.3, 0.4) is 0 Å². The molecule has 1 N–H and O–H groups in total. The minimum atomic E-state index is 0.376. The van der Waals surface area contributed by atoms with Gasteiger partial charge in [-0.05, 0) is 31.9 Å². The Morgan fingerprint density at radius 2 is 2.13 bits per heavy atom. The lowest BCUT2D eigenvalue weighted by Gasteiger charge is -2.15. The number of hydrogen-bond donors (Lipinski definition) is 1. The fourth-order valence-corrected chi connectivity index (χ4v) is 2.05. The highest BCUT2D eigenvalue weighted by Crippen LogP contribution is 2.12. The summed E-state index contributed by atoms with van der Waals surface area (Å²) < 4.78 is 5.51. The molecule has 0 saturated carbocycles. The summed E-state index contributed by atoms with van der Waals surface area (Å²) in [5, 5.41) is 3.55. The van der Waals surface area contributed by atoms with Gasteiger partial charge < -0.3 is 10.1 Å². The minimum absolute atomic E-state index is 0.376. The fraction of sp³-hybridized carbons (Fsp3) is 0.538. The number of hydrogen-bond acceptors (Lipinski definition) is 2. The molecule has 1 saturated heterocycles. The van der Waals surface area contributed by atoms with Gasteiger partial charge in [-0.15, -0.1) is 0 Å². The molecule has 1 heterocycles. The molecule has 1 fully saturated rings. The van der Waals surface area contributed by atoms with E-state index in [9.17, 15) is 0 Å². The van der Waals surface area contributed by atoms with Crippen LogP contribution in [-0.4, -0.2) is 25.3 Å². The molecule has 1 aromatic rings. The van der Waals surface area contributed by atoms with Gasteiger partial charge in [-0.1, -0.05) is 30.3 Å². The zero-order valence-corrected chi connectivity index (χ0v) is 9.28. The van der Waals surface area contributed by atoms with Gasteiger partial charge in [-0.25, -0.2) is 0 Å². The van der Waals surface area contributed by atoms with Gasteiger partial charge in [-0.2, -0.15) is 0 Å². The summed E-state index contributed by atoms with van der Waals surface area (Å²) in [4.78, 5) is 0. The topological polar surface area (TPSA) is 21.3 Å². The van der Waals surface area contributed by atoms with E-state index >= 15 is 0 Å². The van der Waals surface area contributed by atoms with Crippen molar-refractivity contribution in [1.29, 1.82) is 0 Å². The third-order valence-corrected chi connectivity index (χ3v) is 3.04. The average Bonchev–Trinajstić information content (AvgIpc) is 2.66. The first-order valence-corrected chi connectivity index (χ1v) is 5.75. The molecule has 2 nitrogen and oxygen atoms in total. The van der Waals surface area contributed by atoms with Crippen molar-refractivity contribution in [3.63, 3.8) is 0 Å². The standard InChI is InChI=1S/C13H19NO/c1-11-13(8-10-15-11)14-9-7-12-5-3-2-4-6-12/h2-6,11,13-14H,7-10H2,1H3/t11-,13-/m1/s1. The maximum atomic E-state index is 5.51. The Morgan fingerprint density at radius 1 is 1.33 bits per heavy atom. The van der Waals surface area contributed by atoms with Crippen LogP contribution < -0.4 is 5.32 Å². The van der Waals surface area contributed by atoms with Crippen molar-refractivity contribution in [3.05, 3.63) is 35.9 Å². The molecule has 0 amide bonds. The summed E-state index contributed by atoms with van der Waals surface area (Å²) in [7, 11) is 0. The predicted octanol–water partition coefficient (Wildman–Crippen LogP) is 2.00. The molecule has 0 bridgehead atoms. The Labute approximate surface area is 91.6 Å². The molecule has 2 heteroatoms. The average molecular weight is 205 g/mol. The molecule has 1 aromatic carbocycles. The smallest absolute Gasteiger partial charge is 0.0700 e. The Bertz CT molecular complexity index is 286. The quantitative estimate of drug-likeness (QED) is 0.811. The van der Waals surface area contributed by atoms with E-state index in [2.05, 4.69) is 42.6 Å². The summed E-state index contributed by atoms with van der Waals surface area (Å²) in [5.74, 6) is 0. The molecule has 2 rings (SSSR count). The van der Waals surface area contributed by atoms with Crippen molar-refractivity contribution in [3.8, 4) is 0 Å². The van der Waals surface area contributed by atoms with E-state index in [4.69, 9.17) is 4.74 Å². The van der Waals surface area contributed by atoms with Crippen LogP contribution >= 0.6 is 0 Å². The molecule has 1 aliphatic heterocycles. The Morgan fingerprint density at radius 3 is 2.80 bits per heavy atom. The van der Waals surface area contributed by atoms with Crippen molar-refractivity contribution in [2.45, 2.75) is 31.9 Å². The molecule has 15 heavy (non-hydrogen) atoms. The molecule has 0 spiro atoms. The van der Waals surface area contributed by atoms with E-state index in [0.29, 0.717) is 12.1 Å². The van der Waals surface area contributed by atoms with Gasteiger partial charge in [0, 0.05) is 12.6 Å². The molecule has 0 aliphatic carbocycles. The Hall–Kier alpha value is -0.860. The van der Waals surface area contributed by atoms with Gasteiger partial charge in [-0.3, -0.25) is 0 Å². The number of rotatable bonds is 4. The van der Waals surface area contributed by atoms with Crippen LogP contribution in [0.5, 0.6) is 0 Å². The number of benzene rings is 1. The van der Waals surface area contributed by atoms with Crippen LogP contribution in [0.2, 0.25) is 0 Å². The molecular formula is C13H19NO. The first-order valence-electron chi connectivity index (χ1n) is 5.75. The van der Waals surface area contributed by atoms with Crippen molar-refractivity contribution in [2.75, 3.05) is 13.2 Å². The highest BCUT2D eigenvalue weighted by Gasteiger charge is 2.22. The van der Waals surface area contributed by atoms with Crippen LogP contribution in [0, 0.1) is 0 Å². The lowest BCUT2D eigenvalue weighted by Crippen LogP contribution is -2.35. The van der Waals surface area contributed by atoms with Gasteiger partial charge >= 0.3 is 0 Å². The normalized spacial score (nSPS) is 25.7. The molecule has 0 radical (unpaired) electrons. The van der Waals surface area contributed by atoms with Crippen LogP contribution in [0.15, 0.2) is 30.3 Å². The van der Waals surface area contributed by atoms with Crippen molar-refractivity contribution in [1.82, 2.24) is 5.32 Å². The summed E-state index contributed by atoms with van der Waals surface area (Å²) in [6.45, 7) is 4.10. The zero-order chi connectivity index (χ0) is 10.5. The van der Waals surface area contributed by atoms with Crippen molar-refractivity contribution in [2.24, 2.45) is 0 Å². The molecule has 2 atom stereocenters. The summed E-state index contributed by atoms with van der Waals surface area (Å²) in [5.41, 5.74) is 1.40. The maximum Gasteiger partial charge on any atom is 0.0700 e. The summed E-state index contributed by atoms with van der Waals surface area (Å²) in [6, 6.07) is 11.2. The Kier molecular flexibility index (Phi) is 3.75. The van der Waals surface area contributed by atoms with Gasteiger partial charge in [0.05, 0.1) is 6.10 Å². The monoisotopic (exact) mass is 205 g/mol. The third kappa shape index (κ3) is 3.05. The van der Waals surface area contributed by atoms with Crippen LogP contribution in [0.1, 0.15) is 18.9 Å². The predicted molar refractivity (Wildman–Crippen MR) is 62.0 cm³/mol. The van der Waals surface area contributed by atoms with E-state index in [-0.39, 0.29) is 0 Å². The first kappa shape index (κ1) is 10.7. The highest BCUT2D eigenvalue weighted by molar-refractivity contribution is 5.14. The largest absolute Gasteiger partial charge is 0.377 e.